The van der Waals surface area contributed by atoms with Crippen molar-refractivity contribution in [3.63, 3.8) is 0 Å². The van der Waals surface area contributed by atoms with Crippen LogP contribution in [0.25, 0.3) is 0 Å². The van der Waals surface area contributed by atoms with Crippen LogP contribution in [0.4, 0.5) is 10.7 Å². The van der Waals surface area contributed by atoms with E-state index in [-0.39, 0.29) is 23.0 Å². The van der Waals surface area contributed by atoms with Crippen molar-refractivity contribution in [3.05, 3.63) is 17.5 Å². The quantitative estimate of drug-likeness (QED) is 0.846. The van der Waals surface area contributed by atoms with Crippen LogP contribution in [0.2, 0.25) is 0 Å². The number of rotatable bonds is 2. The van der Waals surface area contributed by atoms with E-state index in [9.17, 15) is 4.79 Å². The SMILES string of the molecule is CC1(C)Cc2nc(N3CCOCC3)ncc2[C@H](NC(=O)NC(C)(C)C)C1. The summed E-state index contributed by atoms with van der Waals surface area (Å²) in [6, 6.07) is -0.224. The topological polar surface area (TPSA) is 79.4 Å². The monoisotopic (exact) mass is 361 g/mol. The lowest BCUT2D eigenvalue weighted by Gasteiger charge is -2.37. The molecule has 0 radical (unpaired) electrons. The maximum Gasteiger partial charge on any atom is 0.315 e. The first-order valence-corrected chi connectivity index (χ1v) is 9.40. The highest BCUT2D eigenvalue weighted by atomic mass is 16.5. The predicted molar refractivity (Wildman–Crippen MR) is 101 cm³/mol. The molecule has 2 heterocycles. The van der Waals surface area contributed by atoms with Crippen LogP contribution < -0.4 is 15.5 Å². The molecule has 1 aliphatic heterocycles. The highest BCUT2D eigenvalue weighted by Gasteiger charge is 2.35. The number of nitrogens with zero attached hydrogens (tertiary/aromatic N) is 3. The molecular formula is C19H31N5O2. The summed E-state index contributed by atoms with van der Waals surface area (Å²) in [5.74, 6) is 0.766. The zero-order chi connectivity index (χ0) is 18.9. The largest absolute Gasteiger partial charge is 0.378 e. The van der Waals surface area contributed by atoms with Gasteiger partial charge in [-0.2, -0.15) is 0 Å². The lowest BCUT2D eigenvalue weighted by molar-refractivity contribution is 0.122. The Morgan fingerprint density at radius 1 is 1.31 bits per heavy atom. The van der Waals surface area contributed by atoms with Gasteiger partial charge < -0.3 is 20.3 Å². The van der Waals surface area contributed by atoms with E-state index in [2.05, 4.69) is 34.4 Å². The second-order valence-electron chi connectivity index (χ2n) is 9.12. The molecule has 0 saturated carbocycles. The summed E-state index contributed by atoms with van der Waals surface area (Å²) in [5.41, 5.74) is 1.88. The number of aromatic nitrogens is 2. The third kappa shape index (κ3) is 4.63. The van der Waals surface area contributed by atoms with Gasteiger partial charge in [-0.15, -0.1) is 0 Å². The summed E-state index contributed by atoms with van der Waals surface area (Å²) in [4.78, 5) is 24.0. The molecule has 1 aliphatic carbocycles. The fourth-order valence-corrected chi connectivity index (χ4v) is 3.62. The minimum absolute atomic E-state index is 0.0727. The zero-order valence-electron chi connectivity index (χ0n) is 16.6. The molecule has 7 heteroatoms. The molecule has 1 aromatic rings. The van der Waals surface area contributed by atoms with Gasteiger partial charge in [0.05, 0.1) is 24.9 Å². The third-order valence-electron chi connectivity index (χ3n) is 4.75. The average Bonchev–Trinajstić information content (AvgIpc) is 2.52. The number of hydrogen-bond donors (Lipinski definition) is 2. The van der Waals surface area contributed by atoms with Crippen molar-refractivity contribution in [2.45, 2.75) is 59.0 Å². The van der Waals surface area contributed by atoms with Gasteiger partial charge in [-0.1, -0.05) is 13.8 Å². The van der Waals surface area contributed by atoms with Crippen LogP contribution in [0.1, 0.15) is 58.3 Å². The standard InChI is InChI=1S/C19H31N5O2/c1-18(2,3)23-17(25)22-15-11-19(4,5)10-14-13(15)12-20-16(21-14)24-6-8-26-9-7-24/h12,15H,6-11H2,1-5H3,(H2,22,23,25)/t15-/m1/s1. The molecule has 1 aromatic heterocycles. The van der Waals surface area contributed by atoms with E-state index in [1.54, 1.807) is 0 Å². The van der Waals surface area contributed by atoms with Gasteiger partial charge in [0.15, 0.2) is 0 Å². The van der Waals surface area contributed by atoms with Gasteiger partial charge in [0.2, 0.25) is 5.95 Å². The molecule has 0 aromatic carbocycles. The summed E-state index contributed by atoms with van der Waals surface area (Å²) in [5, 5.41) is 6.10. The molecule has 2 amide bonds. The Labute approximate surface area is 155 Å². The van der Waals surface area contributed by atoms with E-state index in [4.69, 9.17) is 9.72 Å². The zero-order valence-corrected chi connectivity index (χ0v) is 16.6. The molecule has 0 unspecified atom stereocenters. The minimum atomic E-state index is -0.270. The number of carbonyl (C=O) groups excluding carboxylic acids is 1. The predicted octanol–water partition coefficient (Wildman–Crippen LogP) is 2.42. The maximum atomic E-state index is 12.4. The first-order valence-electron chi connectivity index (χ1n) is 9.40. The molecule has 1 atom stereocenters. The number of urea groups is 1. The molecule has 2 N–H and O–H groups in total. The fraction of sp³-hybridized carbons (Fsp3) is 0.737. The molecule has 1 saturated heterocycles. The Kier molecular flexibility index (Phi) is 5.10. The highest BCUT2D eigenvalue weighted by Crippen LogP contribution is 2.40. The summed E-state index contributed by atoms with van der Waals surface area (Å²) >= 11 is 0. The third-order valence-corrected chi connectivity index (χ3v) is 4.75. The van der Waals surface area contributed by atoms with Gasteiger partial charge >= 0.3 is 6.03 Å². The molecule has 1 fully saturated rings. The van der Waals surface area contributed by atoms with Crippen molar-refractivity contribution < 1.29 is 9.53 Å². The Bertz CT molecular complexity index is 662. The average molecular weight is 361 g/mol. The molecule has 0 spiro atoms. The first kappa shape index (κ1) is 18.9. The second kappa shape index (κ2) is 7.02. The van der Waals surface area contributed by atoms with Crippen molar-refractivity contribution in [2.24, 2.45) is 5.41 Å². The van der Waals surface area contributed by atoms with Crippen molar-refractivity contribution in [1.29, 1.82) is 0 Å². The molecule has 2 aliphatic rings. The van der Waals surface area contributed by atoms with E-state index in [0.717, 1.165) is 43.1 Å². The van der Waals surface area contributed by atoms with E-state index < -0.39 is 0 Å². The minimum Gasteiger partial charge on any atom is -0.378 e. The van der Waals surface area contributed by atoms with E-state index >= 15 is 0 Å². The van der Waals surface area contributed by atoms with E-state index in [1.807, 2.05) is 27.0 Å². The van der Waals surface area contributed by atoms with Gasteiger partial charge in [-0.3, -0.25) is 0 Å². The number of fused-ring (bicyclic) bond motifs is 1. The van der Waals surface area contributed by atoms with E-state index in [1.165, 1.54) is 0 Å². The Hall–Kier alpha value is -1.89. The van der Waals surface area contributed by atoms with Crippen LogP contribution in [-0.2, 0) is 11.2 Å². The number of amides is 2. The smallest absolute Gasteiger partial charge is 0.315 e. The summed E-state index contributed by atoms with van der Waals surface area (Å²) in [7, 11) is 0. The molecule has 144 valence electrons. The number of ether oxygens (including phenoxy) is 1. The summed E-state index contributed by atoms with van der Waals surface area (Å²) < 4.78 is 5.42. The van der Waals surface area contributed by atoms with Gasteiger partial charge in [-0.25, -0.2) is 14.8 Å². The molecule has 26 heavy (non-hydrogen) atoms. The van der Waals surface area contributed by atoms with Crippen molar-refractivity contribution in [3.8, 4) is 0 Å². The van der Waals surface area contributed by atoms with Crippen LogP contribution >= 0.6 is 0 Å². The molecule has 7 nitrogen and oxygen atoms in total. The first-order chi connectivity index (χ1) is 12.1. The lowest BCUT2D eigenvalue weighted by atomic mass is 9.74. The van der Waals surface area contributed by atoms with Gasteiger partial charge in [0.1, 0.15) is 0 Å². The van der Waals surface area contributed by atoms with Gasteiger partial charge in [0, 0.05) is 30.4 Å². The van der Waals surface area contributed by atoms with Crippen LogP contribution in [0, 0.1) is 5.41 Å². The van der Waals surface area contributed by atoms with Crippen LogP contribution in [0.5, 0.6) is 0 Å². The fourth-order valence-electron chi connectivity index (χ4n) is 3.62. The lowest BCUT2D eigenvalue weighted by Crippen LogP contribution is -2.48. The number of morpholine rings is 1. The van der Waals surface area contributed by atoms with Gasteiger partial charge in [-0.05, 0) is 39.0 Å². The van der Waals surface area contributed by atoms with Crippen molar-refractivity contribution >= 4 is 12.0 Å². The van der Waals surface area contributed by atoms with Crippen LogP contribution in [0.15, 0.2) is 6.20 Å². The summed E-state index contributed by atoms with van der Waals surface area (Å²) in [6.45, 7) is 13.4. The van der Waals surface area contributed by atoms with Gasteiger partial charge in [0.25, 0.3) is 0 Å². The summed E-state index contributed by atoms with van der Waals surface area (Å²) in [6.07, 6.45) is 3.66. The number of carbonyl (C=O) groups is 1. The number of hydrogen-bond acceptors (Lipinski definition) is 5. The number of anilines is 1. The second-order valence-corrected chi connectivity index (χ2v) is 9.12. The maximum absolute atomic E-state index is 12.4. The van der Waals surface area contributed by atoms with Crippen LogP contribution in [-0.4, -0.2) is 47.8 Å². The molecular weight excluding hydrogens is 330 g/mol. The normalized spacial score (nSPS) is 22.5. The van der Waals surface area contributed by atoms with E-state index in [0.29, 0.717) is 13.2 Å². The molecule has 0 bridgehead atoms. The Balaban J connectivity index is 1.82. The molecule has 3 rings (SSSR count). The highest BCUT2D eigenvalue weighted by molar-refractivity contribution is 5.75. The van der Waals surface area contributed by atoms with Crippen molar-refractivity contribution in [1.82, 2.24) is 20.6 Å². The Morgan fingerprint density at radius 2 is 2.00 bits per heavy atom. The Morgan fingerprint density at radius 3 is 2.65 bits per heavy atom. The van der Waals surface area contributed by atoms with Crippen molar-refractivity contribution in [2.75, 3.05) is 31.2 Å². The number of nitrogens with one attached hydrogen (secondary N) is 2. The van der Waals surface area contributed by atoms with Crippen LogP contribution in [0.3, 0.4) is 0 Å².